The van der Waals surface area contributed by atoms with Crippen LogP contribution in [0.4, 0.5) is 4.79 Å². The molecule has 3 rings (SSSR count). The van der Waals surface area contributed by atoms with Crippen molar-refractivity contribution < 1.29 is 18.7 Å². The van der Waals surface area contributed by atoms with Crippen LogP contribution >= 0.6 is 0 Å². The number of hydrogen-bond acceptors (Lipinski definition) is 5. The molecule has 1 saturated carbocycles. The molecule has 0 radical (unpaired) electrons. The first-order valence-electron chi connectivity index (χ1n) is 9.52. The highest BCUT2D eigenvalue weighted by Crippen LogP contribution is 2.42. The topological polar surface area (TPSA) is 81.4 Å². The molecule has 0 unspecified atom stereocenters. The summed E-state index contributed by atoms with van der Waals surface area (Å²) in [5.74, 6) is 1.23. The minimum Gasteiger partial charge on any atom is -0.448 e. The molecule has 1 heterocycles. The van der Waals surface area contributed by atoms with Crippen LogP contribution in [0.25, 0.3) is 11.1 Å². The fourth-order valence-electron chi connectivity index (χ4n) is 3.53. The molecule has 146 valence electrons. The third kappa shape index (κ3) is 4.49. The molecular formula is C21H28N2O4. The molecule has 1 aromatic heterocycles. The highest BCUT2D eigenvalue weighted by Gasteiger charge is 2.42. The third-order valence-electron chi connectivity index (χ3n) is 5.19. The monoisotopic (exact) mass is 372 g/mol. The minimum absolute atomic E-state index is 0.231. The van der Waals surface area contributed by atoms with Gasteiger partial charge in [0.1, 0.15) is 18.4 Å². The van der Waals surface area contributed by atoms with Gasteiger partial charge < -0.3 is 14.5 Å². The highest BCUT2D eigenvalue weighted by molar-refractivity contribution is 5.83. The van der Waals surface area contributed by atoms with E-state index >= 15 is 0 Å². The Morgan fingerprint density at radius 2 is 2.07 bits per heavy atom. The molecule has 1 aliphatic rings. The van der Waals surface area contributed by atoms with Gasteiger partial charge >= 0.3 is 6.09 Å². The summed E-state index contributed by atoms with van der Waals surface area (Å²) in [7, 11) is 0. The van der Waals surface area contributed by atoms with Crippen molar-refractivity contribution in [1.82, 2.24) is 10.3 Å². The fraction of sp³-hybridized carbons (Fsp3) is 0.571. The van der Waals surface area contributed by atoms with Gasteiger partial charge in [0.2, 0.25) is 5.89 Å². The van der Waals surface area contributed by atoms with Crippen LogP contribution < -0.4 is 5.32 Å². The molecule has 0 spiro atoms. The molecule has 27 heavy (non-hydrogen) atoms. The van der Waals surface area contributed by atoms with E-state index in [1.807, 2.05) is 20.8 Å². The van der Waals surface area contributed by atoms with E-state index in [1.54, 1.807) is 18.2 Å². The van der Waals surface area contributed by atoms with Gasteiger partial charge in [-0.1, -0.05) is 6.92 Å². The van der Waals surface area contributed by atoms with E-state index in [-0.39, 0.29) is 12.1 Å². The molecular weight excluding hydrogens is 344 g/mol. The minimum atomic E-state index is -0.431. The number of carbonyl (C=O) groups excluding carboxylic acids is 2. The number of rotatable bonds is 4. The first kappa shape index (κ1) is 19.4. The molecule has 1 aromatic carbocycles. The number of aldehydes is 1. The lowest BCUT2D eigenvalue weighted by Crippen LogP contribution is -2.44. The first-order chi connectivity index (χ1) is 12.7. The Hall–Kier alpha value is -2.37. The van der Waals surface area contributed by atoms with E-state index in [0.29, 0.717) is 28.5 Å². The summed E-state index contributed by atoms with van der Waals surface area (Å²) in [5, 5.41) is 2.83. The van der Waals surface area contributed by atoms with E-state index in [0.717, 1.165) is 32.0 Å². The van der Waals surface area contributed by atoms with Gasteiger partial charge in [0.05, 0.1) is 5.41 Å². The smallest absolute Gasteiger partial charge is 0.407 e. The predicted octanol–water partition coefficient (Wildman–Crippen LogP) is 4.61. The average molecular weight is 372 g/mol. The number of aromatic nitrogens is 1. The number of amides is 1. The Morgan fingerprint density at radius 3 is 2.70 bits per heavy atom. The van der Waals surface area contributed by atoms with Gasteiger partial charge in [0.15, 0.2) is 5.58 Å². The van der Waals surface area contributed by atoms with Crippen molar-refractivity contribution in [2.45, 2.75) is 64.3 Å². The summed E-state index contributed by atoms with van der Waals surface area (Å²) in [5.41, 5.74) is 1.09. The second-order valence-corrected chi connectivity index (χ2v) is 8.78. The van der Waals surface area contributed by atoms with Crippen molar-refractivity contribution in [1.29, 1.82) is 0 Å². The summed E-state index contributed by atoms with van der Waals surface area (Å²) in [6, 6.07) is 5.21. The second kappa shape index (κ2) is 7.33. The van der Waals surface area contributed by atoms with Crippen LogP contribution in [-0.4, -0.2) is 29.5 Å². The van der Waals surface area contributed by atoms with Crippen LogP contribution in [0.15, 0.2) is 22.6 Å². The summed E-state index contributed by atoms with van der Waals surface area (Å²) in [6.45, 7) is 8.21. The molecule has 1 amide bonds. The molecule has 0 bridgehead atoms. The largest absolute Gasteiger partial charge is 0.448 e. The van der Waals surface area contributed by atoms with Crippen LogP contribution in [0, 0.1) is 5.92 Å². The fourth-order valence-corrected chi connectivity index (χ4v) is 3.53. The van der Waals surface area contributed by atoms with Gasteiger partial charge in [-0.25, -0.2) is 9.78 Å². The van der Waals surface area contributed by atoms with E-state index < -0.39 is 11.5 Å². The lowest BCUT2D eigenvalue weighted by Gasteiger charge is -2.36. The molecule has 1 N–H and O–H groups in total. The molecule has 0 saturated heterocycles. The van der Waals surface area contributed by atoms with Crippen molar-refractivity contribution in [2.24, 2.45) is 5.92 Å². The number of ether oxygens (including phenoxy) is 1. The number of nitrogens with one attached hydrogen (secondary N) is 1. The van der Waals surface area contributed by atoms with Crippen molar-refractivity contribution >= 4 is 23.5 Å². The number of fused-ring (bicyclic) bond motifs is 1. The first-order valence-corrected chi connectivity index (χ1v) is 9.52. The maximum Gasteiger partial charge on any atom is 0.407 e. The third-order valence-corrected chi connectivity index (χ3v) is 5.19. The van der Waals surface area contributed by atoms with Crippen LogP contribution in [0.2, 0.25) is 0 Å². The van der Waals surface area contributed by atoms with Gasteiger partial charge in [-0.15, -0.1) is 0 Å². The number of hydrogen-bond donors (Lipinski definition) is 1. The molecule has 6 nitrogen and oxygen atoms in total. The molecule has 0 atom stereocenters. The standard InChI is InChI=1S/C21H28N2O4/c1-14-7-9-21(10-8-14,13-26-19(25)23-20(2,3)4)18-22-16-11-15(12-24)5-6-17(16)27-18/h5-6,11-12,14H,7-10,13H2,1-4H3,(H,23,25). The van der Waals surface area contributed by atoms with Crippen LogP contribution in [-0.2, 0) is 10.2 Å². The number of nitrogens with zero attached hydrogens (tertiary/aromatic N) is 1. The molecule has 6 heteroatoms. The van der Waals surface area contributed by atoms with Gasteiger partial charge in [-0.2, -0.15) is 0 Å². The lowest BCUT2D eigenvalue weighted by molar-refractivity contribution is 0.0743. The average Bonchev–Trinajstić information content (AvgIpc) is 3.04. The van der Waals surface area contributed by atoms with Gasteiger partial charge in [-0.3, -0.25) is 4.79 Å². The molecule has 2 aromatic rings. The predicted molar refractivity (Wildman–Crippen MR) is 103 cm³/mol. The van der Waals surface area contributed by atoms with Gasteiger partial charge in [0.25, 0.3) is 0 Å². The van der Waals surface area contributed by atoms with Crippen molar-refractivity contribution in [3.63, 3.8) is 0 Å². The van der Waals surface area contributed by atoms with E-state index in [1.165, 1.54) is 0 Å². The summed E-state index contributed by atoms with van der Waals surface area (Å²) in [4.78, 5) is 27.9. The number of oxazole rings is 1. The maximum absolute atomic E-state index is 12.2. The lowest BCUT2D eigenvalue weighted by atomic mass is 9.71. The number of alkyl carbamates (subject to hydrolysis) is 1. The zero-order chi connectivity index (χ0) is 19.7. The molecule has 1 fully saturated rings. The Kier molecular flexibility index (Phi) is 5.27. The SMILES string of the molecule is CC1CCC(COC(=O)NC(C)(C)C)(c2nc3cc(C=O)ccc3o2)CC1. The summed E-state index contributed by atoms with van der Waals surface area (Å²) >= 11 is 0. The Morgan fingerprint density at radius 1 is 1.37 bits per heavy atom. The van der Waals surface area contributed by atoms with Crippen LogP contribution in [0.5, 0.6) is 0 Å². The van der Waals surface area contributed by atoms with Gasteiger partial charge in [-0.05, 0) is 70.6 Å². The number of carbonyl (C=O) groups is 2. The zero-order valence-electron chi connectivity index (χ0n) is 16.5. The quantitative estimate of drug-likeness (QED) is 0.793. The maximum atomic E-state index is 12.2. The zero-order valence-corrected chi connectivity index (χ0v) is 16.5. The molecule has 1 aliphatic carbocycles. The normalized spacial score (nSPS) is 23.2. The Balaban J connectivity index is 1.86. The van der Waals surface area contributed by atoms with E-state index in [4.69, 9.17) is 9.15 Å². The van der Waals surface area contributed by atoms with Crippen molar-refractivity contribution in [3.8, 4) is 0 Å². The van der Waals surface area contributed by atoms with Crippen LogP contribution in [0.1, 0.15) is 69.6 Å². The number of benzene rings is 1. The van der Waals surface area contributed by atoms with E-state index in [9.17, 15) is 9.59 Å². The summed E-state index contributed by atoms with van der Waals surface area (Å²) in [6.07, 6.45) is 4.13. The van der Waals surface area contributed by atoms with Crippen molar-refractivity contribution in [3.05, 3.63) is 29.7 Å². The molecule has 0 aliphatic heterocycles. The Bertz CT molecular complexity index is 826. The summed E-state index contributed by atoms with van der Waals surface area (Å²) < 4.78 is 11.6. The second-order valence-electron chi connectivity index (χ2n) is 8.78. The van der Waals surface area contributed by atoms with E-state index in [2.05, 4.69) is 17.2 Å². The van der Waals surface area contributed by atoms with Crippen LogP contribution in [0.3, 0.4) is 0 Å². The van der Waals surface area contributed by atoms with Crippen molar-refractivity contribution in [2.75, 3.05) is 6.61 Å². The van der Waals surface area contributed by atoms with Gasteiger partial charge in [0, 0.05) is 11.1 Å². The highest BCUT2D eigenvalue weighted by atomic mass is 16.5. The Labute approximate surface area is 159 Å².